The smallest absolute Gasteiger partial charge is 0.353 e. The summed E-state index contributed by atoms with van der Waals surface area (Å²) in [6.45, 7) is 8.55. The molecular weight excluding hydrogens is 424 g/mol. The summed E-state index contributed by atoms with van der Waals surface area (Å²) in [6.07, 6.45) is 2.99. The standard InChI is InChI=1S/C19H25BrN6O2/c1-18(2)9-14(10-19(3,4)25-18)24-17-15(26(27)28)16(21-11-22-17)23-13-7-5-12(20)6-8-13/h5-8,11,14,25H,9-10H2,1-4H3,(H2,21,22,23,24). The maximum Gasteiger partial charge on any atom is 0.353 e. The van der Waals surface area contributed by atoms with Crippen LogP contribution in [0.1, 0.15) is 40.5 Å². The molecule has 1 aromatic heterocycles. The number of rotatable bonds is 5. The van der Waals surface area contributed by atoms with Gasteiger partial charge in [0.15, 0.2) is 0 Å². The van der Waals surface area contributed by atoms with Gasteiger partial charge in [-0.3, -0.25) is 10.1 Å². The average molecular weight is 449 g/mol. The molecule has 0 saturated carbocycles. The second-order valence-corrected chi connectivity index (χ2v) is 9.37. The van der Waals surface area contributed by atoms with E-state index in [0.717, 1.165) is 17.3 Å². The van der Waals surface area contributed by atoms with Crippen molar-refractivity contribution in [3.05, 3.63) is 45.2 Å². The number of nitrogens with one attached hydrogen (secondary N) is 3. The molecule has 1 saturated heterocycles. The summed E-state index contributed by atoms with van der Waals surface area (Å²) < 4.78 is 0.925. The van der Waals surface area contributed by atoms with Crippen molar-refractivity contribution in [3.8, 4) is 0 Å². The van der Waals surface area contributed by atoms with Crippen molar-refractivity contribution in [1.29, 1.82) is 0 Å². The molecule has 0 amide bonds. The molecule has 0 aliphatic carbocycles. The molecule has 28 heavy (non-hydrogen) atoms. The molecule has 1 fully saturated rings. The van der Waals surface area contributed by atoms with Crippen molar-refractivity contribution in [2.24, 2.45) is 0 Å². The minimum Gasteiger partial charge on any atom is -0.361 e. The van der Waals surface area contributed by atoms with Gasteiger partial charge in [0, 0.05) is 27.3 Å². The molecule has 1 aliphatic heterocycles. The van der Waals surface area contributed by atoms with Gasteiger partial charge in [-0.2, -0.15) is 0 Å². The van der Waals surface area contributed by atoms with E-state index in [1.807, 2.05) is 24.3 Å². The highest BCUT2D eigenvalue weighted by Gasteiger charge is 2.38. The zero-order valence-corrected chi connectivity index (χ0v) is 18.0. The number of hydrogen-bond acceptors (Lipinski definition) is 7. The van der Waals surface area contributed by atoms with Crippen LogP contribution < -0.4 is 16.0 Å². The van der Waals surface area contributed by atoms with Crippen LogP contribution in [0.5, 0.6) is 0 Å². The normalized spacial score (nSPS) is 18.5. The Morgan fingerprint density at radius 3 is 2.25 bits per heavy atom. The van der Waals surface area contributed by atoms with Crippen LogP contribution in [0.25, 0.3) is 0 Å². The Balaban J connectivity index is 1.89. The van der Waals surface area contributed by atoms with Gasteiger partial charge in [-0.15, -0.1) is 0 Å². The molecule has 0 spiro atoms. The van der Waals surface area contributed by atoms with E-state index in [-0.39, 0.29) is 34.4 Å². The molecule has 0 unspecified atom stereocenters. The van der Waals surface area contributed by atoms with E-state index in [4.69, 9.17) is 0 Å². The first kappa shape index (κ1) is 20.5. The third-order valence-corrected chi connectivity index (χ3v) is 5.17. The number of piperidine rings is 1. The van der Waals surface area contributed by atoms with Gasteiger partial charge in [0.25, 0.3) is 0 Å². The molecule has 0 radical (unpaired) electrons. The Bertz CT molecular complexity index is 853. The molecule has 2 heterocycles. The first-order valence-corrected chi connectivity index (χ1v) is 9.92. The van der Waals surface area contributed by atoms with Gasteiger partial charge in [-0.05, 0) is 64.8 Å². The summed E-state index contributed by atoms with van der Waals surface area (Å²) in [5.74, 6) is 0.399. The molecule has 3 rings (SSSR count). The molecule has 8 nitrogen and oxygen atoms in total. The van der Waals surface area contributed by atoms with Crippen molar-refractivity contribution in [3.63, 3.8) is 0 Å². The monoisotopic (exact) mass is 448 g/mol. The second-order valence-electron chi connectivity index (χ2n) is 8.45. The van der Waals surface area contributed by atoms with Gasteiger partial charge < -0.3 is 16.0 Å². The lowest BCUT2D eigenvalue weighted by molar-refractivity contribution is -0.383. The Kier molecular flexibility index (Phi) is 5.58. The van der Waals surface area contributed by atoms with E-state index >= 15 is 0 Å². The lowest BCUT2D eigenvalue weighted by Crippen LogP contribution is -2.60. The summed E-state index contributed by atoms with van der Waals surface area (Å²) in [7, 11) is 0. The van der Waals surface area contributed by atoms with Gasteiger partial charge >= 0.3 is 5.69 Å². The lowest BCUT2D eigenvalue weighted by Gasteiger charge is -2.46. The Morgan fingerprint density at radius 2 is 1.68 bits per heavy atom. The Labute approximate surface area is 172 Å². The summed E-state index contributed by atoms with van der Waals surface area (Å²) in [4.78, 5) is 19.6. The van der Waals surface area contributed by atoms with Crippen LogP contribution in [-0.2, 0) is 0 Å². The third kappa shape index (κ3) is 4.96. The number of aromatic nitrogens is 2. The average Bonchev–Trinajstić information content (AvgIpc) is 2.54. The number of benzene rings is 1. The minimum absolute atomic E-state index is 0.0559. The molecular formula is C19H25BrN6O2. The van der Waals surface area contributed by atoms with Crippen molar-refractivity contribution in [2.75, 3.05) is 10.6 Å². The predicted molar refractivity (Wildman–Crippen MR) is 114 cm³/mol. The second kappa shape index (κ2) is 7.63. The highest BCUT2D eigenvalue weighted by Crippen LogP contribution is 2.35. The highest BCUT2D eigenvalue weighted by molar-refractivity contribution is 9.10. The molecule has 0 atom stereocenters. The van der Waals surface area contributed by atoms with Crippen LogP contribution in [-0.4, -0.2) is 32.0 Å². The molecule has 2 aromatic rings. The zero-order valence-electron chi connectivity index (χ0n) is 16.4. The van der Waals surface area contributed by atoms with Crippen LogP contribution in [0.2, 0.25) is 0 Å². The molecule has 1 aromatic carbocycles. The van der Waals surface area contributed by atoms with E-state index < -0.39 is 4.92 Å². The fourth-order valence-corrected chi connectivity index (χ4v) is 4.30. The number of hydrogen-bond donors (Lipinski definition) is 3. The van der Waals surface area contributed by atoms with Crippen molar-refractivity contribution in [2.45, 2.75) is 57.7 Å². The van der Waals surface area contributed by atoms with Gasteiger partial charge in [0.2, 0.25) is 11.6 Å². The first-order chi connectivity index (χ1) is 13.0. The van der Waals surface area contributed by atoms with E-state index in [2.05, 4.69) is 69.5 Å². The van der Waals surface area contributed by atoms with Crippen LogP contribution in [0.15, 0.2) is 35.1 Å². The summed E-state index contributed by atoms with van der Waals surface area (Å²) >= 11 is 3.38. The molecule has 0 bridgehead atoms. The Morgan fingerprint density at radius 1 is 1.11 bits per heavy atom. The number of anilines is 3. The third-order valence-electron chi connectivity index (χ3n) is 4.64. The summed E-state index contributed by atoms with van der Waals surface area (Å²) in [6, 6.07) is 7.41. The van der Waals surface area contributed by atoms with Crippen LogP contribution in [0, 0.1) is 10.1 Å². The van der Waals surface area contributed by atoms with Gasteiger partial charge in [0.1, 0.15) is 6.33 Å². The maximum atomic E-state index is 11.8. The fourth-order valence-electron chi connectivity index (χ4n) is 4.04. The number of nitrogens with zero attached hydrogens (tertiary/aromatic N) is 3. The Hall–Kier alpha value is -2.26. The van der Waals surface area contributed by atoms with Crippen molar-refractivity contribution >= 4 is 38.9 Å². The first-order valence-electron chi connectivity index (χ1n) is 9.12. The fraction of sp³-hybridized carbons (Fsp3) is 0.474. The molecule has 1 aliphatic rings. The van der Waals surface area contributed by atoms with Gasteiger partial charge in [-0.25, -0.2) is 9.97 Å². The maximum absolute atomic E-state index is 11.8. The summed E-state index contributed by atoms with van der Waals surface area (Å²) in [5, 5.41) is 21.7. The van der Waals surface area contributed by atoms with E-state index in [0.29, 0.717) is 5.69 Å². The quantitative estimate of drug-likeness (QED) is 0.452. The molecule has 9 heteroatoms. The van der Waals surface area contributed by atoms with Crippen LogP contribution >= 0.6 is 15.9 Å². The number of nitro groups is 1. The summed E-state index contributed by atoms with van der Waals surface area (Å²) in [5.41, 5.74) is 0.388. The molecule has 3 N–H and O–H groups in total. The van der Waals surface area contributed by atoms with Crippen molar-refractivity contribution in [1.82, 2.24) is 15.3 Å². The largest absolute Gasteiger partial charge is 0.361 e. The number of halogens is 1. The van der Waals surface area contributed by atoms with E-state index in [1.54, 1.807) is 0 Å². The van der Waals surface area contributed by atoms with Crippen molar-refractivity contribution < 1.29 is 4.92 Å². The zero-order chi connectivity index (χ0) is 20.5. The van der Waals surface area contributed by atoms with Gasteiger partial charge in [-0.1, -0.05) is 15.9 Å². The van der Waals surface area contributed by atoms with Crippen LogP contribution in [0.3, 0.4) is 0 Å². The minimum atomic E-state index is -0.444. The highest BCUT2D eigenvalue weighted by atomic mass is 79.9. The predicted octanol–water partition coefficient (Wildman–Crippen LogP) is 4.61. The molecule has 150 valence electrons. The lowest BCUT2D eigenvalue weighted by atomic mass is 9.79. The van der Waals surface area contributed by atoms with Crippen LogP contribution in [0.4, 0.5) is 23.0 Å². The topological polar surface area (TPSA) is 105 Å². The van der Waals surface area contributed by atoms with Gasteiger partial charge in [0.05, 0.1) is 4.92 Å². The van der Waals surface area contributed by atoms with E-state index in [1.165, 1.54) is 6.33 Å². The SMILES string of the molecule is CC1(C)CC(Nc2ncnc(Nc3ccc(Br)cc3)c2[N+](=O)[O-])CC(C)(C)N1. The van der Waals surface area contributed by atoms with E-state index in [9.17, 15) is 10.1 Å².